The predicted octanol–water partition coefficient (Wildman–Crippen LogP) is 1.05. The molecule has 0 amide bonds. The lowest BCUT2D eigenvalue weighted by molar-refractivity contribution is 0.185. The van der Waals surface area contributed by atoms with Gasteiger partial charge in [0.1, 0.15) is 0 Å². The third-order valence-corrected chi connectivity index (χ3v) is 3.92. The van der Waals surface area contributed by atoms with E-state index in [9.17, 15) is 16.8 Å². The fourth-order valence-electron chi connectivity index (χ4n) is 1.55. The molecule has 0 atom stereocenters. The molecule has 0 aromatic rings. The van der Waals surface area contributed by atoms with Crippen LogP contribution in [0.5, 0.6) is 0 Å². The van der Waals surface area contributed by atoms with E-state index in [1.54, 1.807) is 0 Å². The Morgan fingerprint density at radius 1 is 0.889 bits per heavy atom. The third kappa shape index (κ3) is 13.9. The lowest BCUT2D eigenvalue weighted by Gasteiger charge is -2.28. The van der Waals surface area contributed by atoms with Crippen LogP contribution in [0.3, 0.4) is 0 Å². The highest BCUT2D eigenvalue weighted by Crippen LogP contribution is 2.02. The Bertz CT molecular complexity index is 374. The van der Waals surface area contributed by atoms with E-state index in [2.05, 4.69) is 43.1 Å². The molecular weight excluding hydrogens is 278 g/mol. The van der Waals surface area contributed by atoms with Crippen molar-refractivity contribution in [3.05, 3.63) is 0 Å². The normalized spacial score (nSPS) is 12.8. The summed E-state index contributed by atoms with van der Waals surface area (Å²) in [5.41, 5.74) is 0. The van der Waals surface area contributed by atoms with Gasteiger partial charge in [-0.1, -0.05) is 6.92 Å². The van der Waals surface area contributed by atoms with Gasteiger partial charge in [0, 0.05) is 12.1 Å². The Labute approximate surface area is 112 Å². The van der Waals surface area contributed by atoms with Crippen LogP contribution in [0.4, 0.5) is 0 Å². The second kappa shape index (κ2) is 8.08. The van der Waals surface area contributed by atoms with E-state index in [1.165, 1.54) is 0 Å². The molecule has 0 N–H and O–H groups in total. The van der Waals surface area contributed by atoms with E-state index in [1.807, 2.05) is 0 Å². The molecule has 0 spiro atoms. The molecule has 6 nitrogen and oxygen atoms in total. The van der Waals surface area contributed by atoms with Crippen molar-refractivity contribution in [3.8, 4) is 0 Å². The van der Waals surface area contributed by atoms with Gasteiger partial charge in [0.2, 0.25) is 0 Å². The second-order valence-corrected chi connectivity index (χ2v) is 7.86. The summed E-state index contributed by atoms with van der Waals surface area (Å²) in [6.45, 7) is 12.3. The Morgan fingerprint density at radius 2 is 1.17 bits per heavy atom. The average Bonchev–Trinajstić information content (AvgIpc) is 1.96. The fourth-order valence-corrected chi connectivity index (χ4v) is 3.35. The molecule has 0 heterocycles. The molecule has 0 unspecified atom stereocenters. The highest BCUT2D eigenvalue weighted by atomic mass is 32.3. The minimum atomic E-state index is -3.87. The van der Waals surface area contributed by atoms with Crippen LogP contribution < -0.4 is 0 Å². The number of rotatable bonds is 5. The number of nitrogens with zero attached hydrogens (tertiary/aromatic N) is 1. The summed E-state index contributed by atoms with van der Waals surface area (Å²) in [6.07, 6.45) is 1.32. The van der Waals surface area contributed by atoms with Gasteiger partial charge in [-0.2, -0.15) is 16.8 Å². The second-order valence-electron chi connectivity index (χ2n) is 4.49. The molecule has 0 saturated carbocycles. The summed E-state index contributed by atoms with van der Waals surface area (Å²) in [7, 11) is -7.74. The van der Waals surface area contributed by atoms with Crippen LogP contribution in [0.1, 0.15) is 34.6 Å². The number of hydrogen-bond donors (Lipinski definition) is 0. The zero-order valence-corrected chi connectivity index (χ0v) is 13.8. The van der Waals surface area contributed by atoms with Crippen LogP contribution in [0, 0.1) is 0 Å². The van der Waals surface area contributed by atoms with Crippen molar-refractivity contribution >= 4 is 20.2 Å². The van der Waals surface area contributed by atoms with Crippen LogP contribution in [-0.2, 0) is 23.9 Å². The standard InChI is InChI=1S/C8H19N.C2H6O5S2/c1-6-9(7(2)3)8(4)5;1-8(3,4)7-9(2,5)6/h7-8H,6H2,1-5H3;1-2H3. The fraction of sp³-hybridized carbons (Fsp3) is 1.00. The maximum atomic E-state index is 10.0. The van der Waals surface area contributed by atoms with Gasteiger partial charge in [0.15, 0.2) is 0 Å². The van der Waals surface area contributed by atoms with Crippen molar-refractivity contribution in [1.82, 2.24) is 4.90 Å². The highest BCUT2D eigenvalue weighted by Gasteiger charge is 2.10. The molecule has 0 aliphatic heterocycles. The Morgan fingerprint density at radius 3 is 1.17 bits per heavy atom. The monoisotopic (exact) mass is 303 g/mol. The summed E-state index contributed by atoms with van der Waals surface area (Å²) in [5.74, 6) is 0. The molecule has 0 aliphatic carbocycles. The molecule has 0 bridgehead atoms. The molecule has 0 aliphatic rings. The highest BCUT2D eigenvalue weighted by molar-refractivity contribution is 7.99. The van der Waals surface area contributed by atoms with Crippen LogP contribution in [0.15, 0.2) is 0 Å². The molecule has 0 saturated heterocycles. The van der Waals surface area contributed by atoms with Gasteiger partial charge >= 0.3 is 0 Å². The Balaban J connectivity index is 0. The van der Waals surface area contributed by atoms with Crippen LogP contribution in [0.2, 0.25) is 0 Å². The Kier molecular flexibility index (Phi) is 9.05. The van der Waals surface area contributed by atoms with Gasteiger partial charge in [0.25, 0.3) is 20.2 Å². The van der Waals surface area contributed by atoms with E-state index in [-0.39, 0.29) is 0 Å². The molecule has 0 radical (unpaired) electrons. The first-order valence-electron chi connectivity index (χ1n) is 5.67. The van der Waals surface area contributed by atoms with Gasteiger partial charge in [-0.05, 0) is 34.2 Å². The van der Waals surface area contributed by atoms with E-state index >= 15 is 0 Å². The molecule has 0 aromatic carbocycles. The van der Waals surface area contributed by atoms with Crippen LogP contribution in [-0.4, -0.2) is 52.9 Å². The van der Waals surface area contributed by atoms with E-state index in [0.717, 1.165) is 6.54 Å². The first kappa shape index (κ1) is 20.1. The van der Waals surface area contributed by atoms with E-state index in [0.29, 0.717) is 24.6 Å². The van der Waals surface area contributed by atoms with Gasteiger partial charge in [-0.25, -0.2) is 0 Å². The number of hydrogen-bond acceptors (Lipinski definition) is 6. The van der Waals surface area contributed by atoms with E-state index < -0.39 is 20.2 Å². The lowest BCUT2D eigenvalue weighted by Crippen LogP contribution is -2.36. The van der Waals surface area contributed by atoms with Crippen molar-refractivity contribution in [1.29, 1.82) is 0 Å². The summed E-state index contributed by atoms with van der Waals surface area (Å²) in [4.78, 5) is 2.46. The largest absolute Gasteiger partial charge is 0.299 e. The Hall–Kier alpha value is -0.180. The van der Waals surface area contributed by atoms with Crippen molar-refractivity contribution in [2.75, 3.05) is 19.1 Å². The van der Waals surface area contributed by atoms with Gasteiger partial charge in [-0.15, -0.1) is 3.63 Å². The van der Waals surface area contributed by atoms with Crippen molar-refractivity contribution in [2.24, 2.45) is 0 Å². The molecule has 0 fully saturated rings. The predicted molar refractivity (Wildman–Crippen MR) is 73.4 cm³/mol. The van der Waals surface area contributed by atoms with Gasteiger partial charge in [0.05, 0.1) is 12.5 Å². The molecule has 112 valence electrons. The van der Waals surface area contributed by atoms with Gasteiger partial charge in [-0.3, -0.25) is 4.90 Å². The van der Waals surface area contributed by atoms with Crippen LogP contribution >= 0.6 is 0 Å². The summed E-state index contributed by atoms with van der Waals surface area (Å²) in [6, 6.07) is 1.38. The molecular formula is C10H25NO5S2. The molecule has 0 aromatic heterocycles. The first-order valence-corrected chi connectivity index (χ1v) is 9.30. The molecule has 0 rings (SSSR count). The van der Waals surface area contributed by atoms with Gasteiger partial charge < -0.3 is 0 Å². The first-order chi connectivity index (χ1) is 7.80. The maximum absolute atomic E-state index is 10.0. The summed E-state index contributed by atoms with van der Waals surface area (Å²) in [5, 5.41) is 0. The third-order valence-electron chi connectivity index (χ3n) is 1.94. The minimum Gasteiger partial charge on any atom is -0.299 e. The quantitative estimate of drug-likeness (QED) is 0.755. The molecule has 18 heavy (non-hydrogen) atoms. The van der Waals surface area contributed by atoms with E-state index in [4.69, 9.17) is 0 Å². The summed E-state index contributed by atoms with van der Waals surface area (Å²) >= 11 is 0. The molecule has 8 heteroatoms. The van der Waals surface area contributed by atoms with Crippen LogP contribution in [0.25, 0.3) is 0 Å². The topological polar surface area (TPSA) is 80.8 Å². The zero-order chi connectivity index (χ0) is 15.1. The van der Waals surface area contributed by atoms with Crippen molar-refractivity contribution < 1.29 is 20.5 Å². The zero-order valence-electron chi connectivity index (χ0n) is 12.2. The minimum absolute atomic E-state index is 0.661. The van der Waals surface area contributed by atoms with Crippen molar-refractivity contribution in [2.45, 2.75) is 46.7 Å². The maximum Gasteiger partial charge on any atom is 0.278 e. The SMILES string of the molecule is CCN(C(C)C)C(C)C.CS(=O)(=O)OS(C)(=O)=O. The lowest BCUT2D eigenvalue weighted by atomic mass is 10.2. The summed E-state index contributed by atoms with van der Waals surface area (Å²) < 4.78 is 43.8. The average molecular weight is 303 g/mol. The van der Waals surface area contributed by atoms with Crippen molar-refractivity contribution in [3.63, 3.8) is 0 Å². The smallest absolute Gasteiger partial charge is 0.278 e.